The van der Waals surface area contributed by atoms with E-state index in [0.717, 1.165) is 42.7 Å². The Balaban J connectivity index is 1.47. The van der Waals surface area contributed by atoms with Crippen LogP contribution in [0.4, 0.5) is 4.79 Å². The van der Waals surface area contributed by atoms with Gasteiger partial charge in [-0.15, -0.1) is 0 Å². The van der Waals surface area contributed by atoms with Crippen LogP contribution in [0, 0.1) is 0 Å². The van der Waals surface area contributed by atoms with Crippen molar-refractivity contribution in [2.24, 2.45) is 0 Å². The zero-order chi connectivity index (χ0) is 17.4. The maximum absolute atomic E-state index is 12.8. The Morgan fingerprint density at radius 3 is 2.72 bits per heavy atom. The number of nitrogens with one attached hydrogen (secondary N) is 2. The summed E-state index contributed by atoms with van der Waals surface area (Å²) in [6.07, 6.45) is 8.00. The predicted molar refractivity (Wildman–Crippen MR) is 90.5 cm³/mol. The molecular weight excluding hydrogens is 320 g/mol. The summed E-state index contributed by atoms with van der Waals surface area (Å²) in [5.41, 5.74) is 0.242. The largest absolute Gasteiger partial charge is 0.363 e. The van der Waals surface area contributed by atoms with Crippen LogP contribution in [-0.4, -0.2) is 51.3 Å². The third-order valence-electron chi connectivity index (χ3n) is 5.80. The molecule has 7 nitrogen and oxygen atoms in total. The smallest absolute Gasteiger partial charge is 0.325 e. The van der Waals surface area contributed by atoms with Crippen molar-refractivity contribution < 1.29 is 14.4 Å². The summed E-state index contributed by atoms with van der Waals surface area (Å²) >= 11 is 0. The molecule has 3 heterocycles. The Kier molecular flexibility index (Phi) is 4.01. The van der Waals surface area contributed by atoms with Gasteiger partial charge in [0.2, 0.25) is 5.91 Å². The molecule has 1 unspecified atom stereocenters. The molecule has 7 heteroatoms. The molecule has 1 saturated carbocycles. The van der Waals surface area contributed by atoms with E-state index >= 15 is 0 Å². The number of amides is 4. The molecule has 0 aromatic carbocycles. The average molecular weight is 344 g/mol. The fourth-order valence-corrected chi connectivity index (χ4v) is 4.48. The van der Waals surface area contributed by atoms with E-state index < -0.39 is 11.6 Å². The van der Waals surface area contributed by atoms with Crippen LogP contribution in [0.15, 0.2) is 18.3 Å². The number of rotatable bonds is 3. The Morgan fingerprint density at radius 2 is 2.00 bits per heavy atom. The Hall–Kier alpha value is -2.31. The molecule has 1 aromatic heterocycles. The number of likely N-dealkylation sites (tertiary alicyclic amines) is 1. The van der Waals surface area contributed by atoms with Gasteiger partial charge in [-0.2, -0.15) is 0 Å². The summed E-state index contributed by atoms with van der Waals surface area (Å²) in [6.45, 7) is 0.501. The summed E-state index contributed by atoms with van der Waals surface area (Å²) < 4.78 is 0. The van der Waals surface area contributed by atoms with E-state index in [0.29, 0.717) is 19.4 Å². The van der Waals surface area contributed by atoms with Crippen molar-refractivity contribution in [1.29, 1.82) is 0 Å². The molecule has 1 aromatic rings. The van der Waals surface area contributed by atoms with Crippen LogP contribution in [0.25, 0.3) is 0 Å². The predicted octanol–water partition coefficient (Wildman–Crippen LogP) is 1.93. The molecule has 3 aliphatic rings. The van der Waals surface area contributed by atoms with Crippen LogP contribution in [0.1, 0.15) is 56.7 Å². The molecule has 1 spiro atoms. The van der Waals surface area contributed by atoms with Gasteiger partial charge in [0.1, 0.15) is 12.1 Å². The van der Waals surface area contributed by atoms with Crippen LogP contribution in [0.5, 0.6) is 0 Å². The fourth-order valence-electron chi connectivity index (χ4n) is 4.48. The number of carbonyl (C=O) groups excluding carboxylic acids is 3. The molecule has 2 saturated heterocycles. The van der Waals surface area contributed by atoms with E-state index in [-0.39, 0.29) is 24.4 Å². The van der Waals surface area contributed by atoms with Crippen molar-refractivity contribution in [3.05, 3.63) is 24.0 Å². The summed E-state index contributed by atoms with van der Waals surface area (Å²) in [6, 6.07) is 3.48. The van der Waals surface area contributed by atoms with Gasteiger partial charge >= 0.3 is 6.03 Å². The van der Waals surface area contributed by atoms with E-state index in [1.165, 1.54) is 0 Å². The minimum absolute atomic E-state index is 0.00640. The van der Waals surface area contributed by atoms with E-state index in [9.17, 15) is 14.4 Å². The molecule has 1 atom stereocenters. The molecule has 0 bridgehead atoms. The van der Waals surface area contributed by atoms with Crippen LogP contribution in [-0.2, 0) is 9.59 Å². The van der Waals surface area contributed by atoms with Crippen molar-refractivity contribution in [3.63, 3.8) is 0 Å². The summed E-state index contributed by atoms with van der Waals surface area (Å²) in [5.74, 6) is -0.380. The van der Waals surface area contributed by atoms with Crippen LogP contribution < -0.4 is 5.32 Å². The molecule has 2 N–H and O–H groups in total. The maximum atomic E-state index is 12.8. The van der Waals surface area contributed by atoms with Gasteiger partial charge in [0.15, 0.2) is 0 Å². The van der Waals surface area contributed by atoms with Gasteiger partial charge < -0.3 is 15.2 Å². The number of aromatic nitrogens is 1. The lowest BCUT2D eigenvalue weighted by molar-refractivity contribution is -0.140. The number of nitrogens with zero attached hydrogens (tertiary/aromatic N) is 2. The Labute approximate surface area is 146 Å². The van der Waals surface area contributed by atoms with Gasteiger partial charge in [0, 0.05) is 18.4 Å². The number of imide groups is 1. The highest BCUT2D eigenvalue weighted by Gasteiger charge is 2.52. The fraction of sp³-hybridized carbons (Fsp3) is 0.611. The van der Waals surface area contributed by atoms with Crippen LogP contribution in [0.3, 0.4) is 0 Å². The lowest BCUT2D eigenvalue weighted by Gasteiger charge is -2.30. The molecule has 134 valence electrons. The van der Waals surface area contributed by atoms with E-state index in [1.54, 1.807) is 4.90 Å². The minimum atomic E-state index is -0.764. The van der Waals surface area contributed by atoms with Gasteiger partial charge in [0.05, 0.1) is 6.04 Å². The standard InChI is InChI=1S/C18H24N4O3/c23-15(21-11-5-7-14(21)13-6-4-10-19-13)12-22-16(24)18(20-17(22)25)8-2-1-3-9-18/h4,6,10,14,19H,1-3,5,7-9,11-12H2,(H,20,25). The zero-order valence-electron chi connectivity index (χ0n) is 14.3. The Morgan fingerprint density at radius 1 is 1.20 bits per heavy atom. The number of hydrogen-bond donors (Lipinski definition) is 2. The first-order chi connectivity index (χ1) is 12.1. The summed E-state index contributed by atoms with van der Waals surface area (Å²) in [4.78, 5) is 44.0. The molecule has 3 fully saturated rings. The number of urea groups is 1. The van der Waals surface area contributed by atoms with Gasteiger partial charge in [-0.3, -0.25) is 14.5 Å². The molecular formula is C18H24N4O3. The Bertz CT molecular complexity index is 679. The first-order valence-corrected chi connectivity index (χ1v) is 9.18. The van der Waals surface area contributed by atoms with Crippen LogP contribution >= 0.6 is 0 Å². The molecule has 4 rings (SSSR count). The lowest BCUT2D eigenvalue weighted by atomic mass is 9.82. The SMILES string of the molecule is O=C1NC2(CCCCC2)C(=O)N1CC(=O)N1CCCC1c1ccc[nH]1. The second-order valence-electron chi connectivity index (χ2n) is 7.33. The van der Waals surface area contributed by atoms with Crippen LogP contribution in [0.2, 0.25) is 0 Å². The number of hydrogen-bond acceptors (Lipinski definition) is 3. The van der Waals surface area contributed by atoms with E-state index in [1.807, 2.05) is 18.3 Å². The van der Waals surface area contributed by atoms with E-state index in [4.69, 9.17) is 0 Å². The van der Waals surface area contributed by atoms with Crippen molar-refractivity contribution in [2.45, 2.75) is 56.5 Å². The van der Waals surface area contributed by atoms with Crippen molar-refractivity contribution in [2.75, 3.05) is 13.1 Å². The molecule has 25 heavy (non-hydrogen) atoms. The van der Waals surface area contributed by atoms with Gasteiger partial charge in [0.25, 0.3) is 5.91 Å². The average Bonchev–Trinajstić information content (AvgIpc) is 3.33. The normalized spacial score (nSPS) is 25.7. The summed E-state index contributed by atoms with van der Waals surface area (Å²) in [7, 11) is 0. The zero-order valence-corrected chi connectivity index (χ0v) is 14.3. The quantitative estimate of drug-likeness (QED) is 0.822. The third kappa shape index (κ3) is 2.71. The van der Waals surface area contributed by atoms with Gasteiger partial charge in [-0.1, -0.05) is 19.3 Å². The first-order valence-electron chi connectivity index (χ1n) is 9.18. The van der Waals surface area contributed by atoms with E-state index in [2.05, 4.69) is 10.3 Å². The maximum Gasteiger partial charge on any atom is 0.325 e. The topological polar surface area (TPSA) is 85.5 Å². The highest BCUT2D eigenvalue weighted by molar-refractivity contribution is 6.09. The molecule has 2 aliphatic heterocycles. The third-order valence-corrected chi connectivity index (χ3v) is 5.80. The number of H-pyrrole nitrogens is 1. The lowest BCUT2D eigenvalue weighted by Crippen LogP contribution is -2.49. The summed E-state index contributed by atoms with van der Waals surface area (Å²) in [5, 5.41) is 2.86. The second-order valence-corrected chi connectivity index (χ2v) is 7.33. The highest BCUT2D eigenvalue weighted by atomic mass is 16.2. The van der Waals surface area contributed by atoms with Gasteiger partial charge in [-0.25, -0.2) is 4.79 Å². The number of aromatic amines is 1. The molecule has 1 aliphatic carbocycles. The van der Waals surface area contributed by atoms with Crippen molar-refractivity contribution >= 4 is 17.8 Å². The first kappa shape index (κ1) is 16.2. The highest BCUT2D eigenvalue weighted by Crippen LogP contribution is 2.35. The molecule has 4 amide bonds. The van der Waals surface area contributed by atoms with Gasteiger partial charge in [-0.05, 0) is 37.8 Å². The monoisotopic (exact) mass is 344 g/mol. The molecule has 0 radical (unpaired) electrons. The minimum Gasteiger partial charge on any atom is -0.363 e. The van der Waals surface area contributed by atoms with Crippen molar-refractivity contribution in [1.82, 2.24) is 20.1 Å². The number of carbonyl (C=O) groups is 3. The van der Waals surface area contributed by atoms with Crippen molar-refractivity contribution in [3.8, 4) is 0 Å². The second kappa shape index (κ2) is 6.20.